The molecule has 0 unspecified atom stereocenters. The summed E-state index contributed by atoms with van der Waals surface area (Å²) in [7, 11) is 0. The topological polar surface area (TPSA) is 55.8 Å². The van der Waals surface area contributed by atoms with E-state index < -0.39 is 0 Å². The summed E-state index contributed by atoms with van der Waals surface area (Å²) in [6.07, 6.45) is 1.89. The minimum Gasteiger partial charge on any atom is -0.395 e. The summed E-state index contributed by atoms with van der Waals surface area (Å²) >= 11 is 0. The van der Waals surface area contributed by atoms with Crippen LogP contribution in [0.4, 0.5) is 14.9 Å². The molecule has 3 aromatic rings. The normalized spacial score (nSPS) is 22.5. The van der Waals surface area contributed by atoms with Crippen LogP contribution in [0.25, 0.3) is 11.1 Å². The van der Waals surface area contributed by atoms with Gasteiger partial charge in [-0.25, -0.2) is 9.18 Å². The Morgan fingerprint density at radius 3 is 2.43 bits per heavy atom. The van der Waals surface area contributed by atoms with Crippen LogP contribution in [0.2, 0.25) is 0 Å². The number of hydrogen-bond donors (Lipinski definition) is 2. The molecule has 5 nitrogen and oxygen atoms in total. The van der Waals surface area contributed by atoms with Crippen LogP contribution in [-0.2, 0) is 0 Å². The van der Waals surface area contributed by atoms with Gasteiger partial charge in [-0.05, 0) is 72.8 Å². The zero-order chi connectivity index (χ0) is 24.4. The molecular formula is C29H32FN3O2. The van der Waals surface area contributed by atoms with Crippen molar-refractivity contribution in [3.63, 3.8) is 0 Å². The first-order valence-corrected chi connectivity index (χ1v) is 12.4. The highest BCUT2D eigenvalue weighted by Gasteiger charge is 2.49. The van der Waals surface area contributed by atoms with Gasteiger partial charge in [-0.15, -0.1) is 0 Å². The average Bonchev–Trinajstić information content (AvgIpc) is 2.85. The van der Waals surface area contributed by atoms with Crippen LogP contribution in [0, 0.1) is 12.7 Å². The Hall–Kier alpha value is -3.22. The van der Waals surface area contributed by atoms with Crippen LogP contribution < -0.4 is 5.32 Å². The highest BCUT2D eigenvalue weighted by atomic mass is 19.1. The molecule has 0 bridgehead atoms. The molecular weight excluding hydrogens is 441 g/mol. The van der Waals surface area contributed by atoms with Crippen molar-refractivity contribution in [1.82, 2.24) is 9.80 Å². The molecule has 2 heterocycles. The van der Waals surface area contributed by atoms with Gasteiger partial charge in [0.2, 0.25) is 0 Å². The number of nitrogens with zero attached hydrogens (tertiary/aromatic N) is 2. The van der Waals surface area contributed by atoms with Gasteiger partial charge in [0.1, 0.15) is 5.82 Å². The molecule has 0 saturated carbocycles. The number of anilines is 1. The molecule has 0 aliphatic carbocycles. The van der Waals surface area contributed by atoms with Crippen molar-refractivity contribution in [3.05, 3.63) is 89.7 Å². The van der Waals surface area contributed by atoms with E-state index in [4.69, 9.17) is 0 Å². The highest BCUT2D eigenvalue weighted by Crippen LogP contribution is 2.42. The molecule has 2 aliphatic rings. The fraction of sp³-hybridized carbons (Fsp3) is 0.345. The van der Waals surface area contributed by atoms with Crippen LogP contribution in [0.15, 0.2) is 72.8 Å². The lowest BCUT2D eigenvalue weighted by Crippen LogP contribution is -2.68. The Morgan fingerprint density at radius 2 is 1.71 bits per heavy atom. The van der Waals surface area contributed by atoms with Gasteiger partial charge in [0.15, 0.2) is 0 Å². The van der Waals surface area contributed by atoms with E-state index in [2.05, 4.69) is 65.7 Å². The summed E-state index contributed by atoms with van der Waals surface area (Å²) in [5.41, 5.74) is 5.43. The maximum atomic E-state index is 13.2. The molecule has 5 rings (SSSR count). The first-order chi connectivity index (χ1) is 17.0. The van der Waals surface area contributed by atoms with Crippen LogP contribution in [-0.4, -0.2) is 59.3 Å². The van der Waals surface area contributed by atoms with E-state index in [-0.39, 0.29) is 36.5 Å². The van der Waals surface area contributed by atoms with Gasteiger partial charge < -0.3 is 15.3 Å². The van der Waals surface area contributed by atoms with Crippen molar-refractivity contribution < 1.29 is 14.3 Å². The summed E-state index contributed by atoms with van der Waals surface area (Å²) in [5, 5.41) is 13.1. The molecule has 0 spiro atoms. The summed E-state index contributed by atoms with van der Waals surface area (Å²) in [4.78, 5) is 17.3. The molecule has 2 fully saturated rings. The number of aryl methyl sites for hydroxylation is 1. The number of carbonyl (C=O) groups excluding carboxylic acids is 1. The first-order valence-electron chi connectivity index (χ1n) is 12.4. The predicted octanol–water partition coefficient (Wildman–Crippen LogP) is 5.26. The number of carbonyl (C=O) groups is 1. The summed E-state index contributed by atoms with van der Waals surface area (Å²) in [6, 6.07) is 22.9. The molecule has 3 aromatic carbocycles. The molecule has 2 amide bonds. The number of fused-ring (bicyclic) bond motifs is 1. The van der Waals surface area contributed by atoms with Crippen molar-refractivity contribution in [3.8, 4) is 11.1 Å². The van der Waals surface area contributed by atoms with E-state index in [1.165, 1.54) is 34.4 Å². The fourth-order valence-corrected chi connectivity index (χ4v) is 5.64. The van der Waals surface area contributed by atoms with E-state index in [9.17, 15) is 14.3 Å². The van der Waals surface area contributed by atoms with Crippen molar-refractivity contribution in [2.24, 2.45) is 0 Å². The van der Waals surface area contributed by atoms with Crippen molar-refractivity contribution in [2.45, 2.75) is 37.8 Å². The van der Waals surface area contributed by atoms with E-state index >= 15 is 0 Å². The molecule has 2 N–H and O–H groups in total. The Kier molecular flexibility index (Phi) is 6.84. The van der Waals surface area contributed by atoms with E-state index in [1.54, 1.807) is 12.1 Å². The average molecular weight is 474 g/mol. The Labute approximate surface area is 206 Å². The second-order valence-corrected chi connectivity index (χ2v) is 9.61. The summed E-state index contributed by atoms with van der Waals surface area (Å²) < 4.78 is 13.2. The van der Waals surface area contributed by atoms with Gasteiger partial charge >= 0.3 is 6.03 Å². The van der Waals surface area contributed by atoms with Crippen molar-refractivity contribution in [2.75, 3.05) is 31.6 Å². The summed E-state index contributed by atoms with van der Waals surface area (Å²) in [6.45, 7) is 4.42. The first kappa shape index (κ1) is 23.5. The monoisotopic (exact) mass is 473 g/mol. The quantitative estimate of drug-likeness (QED) is 0.544. The van der Waals surface area contributed by atoms with Crippen LogP contribution in [0.5, 0.6) is 0 Å². The van der Waals surface area contributed by atoms with Crippen molar-refractivity contribution in [1.29, 1.82) is 0 Å². The number of amides is 2. The molecule has 182 valence electrons. The molecule has 35 heavy (non-hydrogen) atoms. The second kappa shape index (κ2) is 10.2. The number of rotatable bonds is 4. The maximum Gasteiger partial charge on any atom is 0.321 e. The van der Waals surface area contributed by atoms with Gasteiger partial charge in [0.25, 0.3) is 0 Å². The van der Waals surface area contributed by atoms with Gasteiger partial charge in [0, 0.05) is 36.8 Å². The largest absolute Gasteiger partial charge is 0.395 e. The zero-order valence-corrected chi connectivity index (χ0v) is 20.0. The third-order valence-electron chi connectivity index (χ3n) is 7.50. The third kappa shape index (κ3) is 4.81. The van der Waals surface area contributed by atoms with Gasteiger partial charge in [-0.3, -0.25) is 4.90 Å². The number of benzene rings is 3. The molecule has 2 saturated heterocycles. The molecule has 6 heteroatoms. The van der Waals surface area contributed by atoms with Crippen LogP contribution in [0.3, 0.4) is 0 Å². The number of urea groups is 1. The SMILES string of the molecule is Cc1ccccc1-c1ccc([C@H]2[C@H]3CN(C(=O)Nc4ccc(F)cc4)CCCCN3[C@H]2CO)cc1. The lowest BCUT2D eigenvalue weighted by atomic mass is 9.74. The molecule has 3 atom stereocenters. The highest BCUT2D eigenvalue weighted by molar-refractivity contribution is 5.89. The van der Waals surface area contributed by atoms with E-state index in [0.29, 0.717) is 18.8 Å². The van der Waals surface area contributed by atoms with Gasteiger partial charge in [0.05, 0.1) is 6.61 Å². The zero-order valence-electron chi connectivity index (χ0n) is 20.0. The lowest BCUT2D eigenvalue weighted by molar-refractivity contribution is -0.0585. The number of nitrogens with one attached hydrogen (secondary N) is 1. The number of hydrogen-bond acceptors (Lipinski definition) is 3. The number of aliphatic hydroxyl groups is 1. The van der Waals surface area contributed by atoms with E-state index in [0.717, 1.165) is 19.4 Å². The molecule has 0 aromatic heterocycles. The lowest BCUT2D eigenvalue weighted by Gasteiger charge is -2.57. The van der Waals surface area contributed by atoms with Gasteiger partial charge in [-0.2, -0.15) is 0 Å². The maximum absolute atomic E-state index is 13.2. The van der Waals surface area contributed by atoms with Gasteiger partial charge in [-0.1, -0.05) is 48.5 Å². The van der Waals surface area contributed by atoms with Crippen LogP contribution >= 0.6 is 0 Å². The fourth-order valence-electron chi connectivity index (χ4n) is 5.64. The number of aliphatic hydroxyl groups excluding tert-OH is 1. The van der Waals surface area contributed by atoms with E-state index in [1.807, 2.05) is 4.90 Å². The standard InChI is InChI=1S/C29H32FN3O2/c1-20-6-2-3-7-25(20)21-8-10-22(11-9-21)28-26-18-32(16-4-5-17-33(26)27(28)19-34)29(35)31-24-14-12-23(30)13-15-24/h2-3,6-15,26-28,34H,4-5,16-19H2,1H3,(H,31,35)/t26-,27+,28+/m1/s1. The second-order valence-electron chi connectivity index (χ2n) is 9.61. The minimum atomic E-state index is -0.328. The van der Waals surface area contributed by atoms with Crippen LogP contribution in [0.1, 0.15) is 29.9 Å². The Balaban J connectivity index is 1.35. The number of halogens is 1. The third-order valence-corrected chi connectivity index (χ3v) is 7.50. The molecule has 0 radical (unpaired) electrons. The minimum absolute atomic E-state index is 0.0596. The summed E-state index contributed by atoms with van der Waals surface area (Å²) in [5.74, 6) is -0.171. The molecule has 2 aliphatic heterocycles. The Bertz CT molecular complexity index is 1170. The smallest absolute Gasteiger partial charge is 0.321 e. The van der Waals surface area contributed by atoms with Crippen molar-refractivity contribution >= 4 is 11.7 Å². The predicted molar refractivity (Wildman–Crippen MR) is 137 cm³/mol. The Morgan fingerprint density at radius 1 is 1.00 bits per heavy atom.